The van der Waals surface area contributed by atoms with Gasteiger partial charge in [0.2, 0.25) is 11.9 Å². The molecule has 0 atom stereocenters. The molecule has 26 heavy (non-hydrogen) atoms. The molecule has 0 unspecified atom stereocenters. The van der Waals surface area contributed by atoms with Crippen LogP contribution in [0.3, 0.4) is 0 Å². The Bertz CT molecular complexity index is 850. The van der Waals surface area contributed by atoms with E-state index in [0.29, 0.717) is 30.8 Å². The van der Waals surface area contributed by atoms with Crippen LogP contribution in [0.5, 0.6) is 11.8 Å². The summed E-state index contributed by atoms with van der Waals surface area (Å²) in [6, 6.07) is 9.50. The van der Waals surface area contributed by atoms with Crippen molar-refractivity contribution in [3.63, 3.8) is 0 Å². The van der Waals surface area contributed by atoms with Gasteiger partial charge < -0.3 is 24.6 Å². The van der Waals surface area contributed by atoms with Gasteiger partial charge in [-0.3, -0.25) is 0 Å². The van der Waals surface area contributed by atoms with Gasteiger partial charge in [0.25, 0.3) is 0 Å². The van der Waals surface area contributed by atoms with Gasteiger partial charge in [-0.25, -0.2) is 0 Å². The molecule has 2 aromatic heterocycles. The number of methoxy groups -OCH3 is 1. The van der Waals surface area contributed by atoms with Crippen molar-refractivity contribution >= 4 is 17.6 Å². The Kier molecular flexibility index (Phi) is 5.47. The van der Waals surface area contributed by atoms with E-state index in [1.165, 1.54) is 0 Å². The second kappa shape index (κ2) is 8.15. The van der Waals surface area contributed by atoms with E-state index in [0.717, 1.165) is 17.1 Å². The number of nitrogens with zero attached hydrogens (tertiary/aromatic N) is 4. The fourth-order valence-corrected chi connectivity index (χ4v) is 2.15. The first kappa shape index (κ1) is 17.5. The third-order valence-electron chi connectivity index (χ3n) is 3.33. The van der Waals surface area contributed by atoms with Crippen LogP contribution in [0.1, 0.15) is 18.4 Å². The molecule has 0 aliphatic carbocycles. The summed E-state index contributed by atoms with van der Waals surface area (Å²) < 4.78 is 15.7. The lowest BCUT2D eigenvalue weighted by atomic mass is 10.3. The lowest BCUT2D eigenvalue weighted by Gasteiger charge is -2.10. The number of benzene rings is 1. The molecule has 9 heteroatoms. The number of anilines is 3. The van der Waals surface area contributed by atoms with Crippen LogP contribution in [-0.2, 0) is 6.54 Å². The molecule has 136 valence electrons. The highest BCUT2D eigenvalue weighted by atomic mass is 16.5. The Labute approximate surface area is 150 Å². The fourth-order valence-electron chi connectivity index (χ4n) is 2.15. The summed E-state index contributed by atoms with van der Waals surface area (Å²) in [5, 5.41) is 10.1. The van der Waals surface area contributed by atoms with Crippen LogP contribution < -0.4 is 20.1 Å². The van der Waals surface area contributed by atoms with Crippen molar-refractivity contribution in [3.8, 4) is 11.8 Å². The van der Waals surface area contributed by atoms with Crippen molar-refractivity contribution in [1.82, 2.24) is 20.1 Å². The van der Waals surface area contributed by atoms with Crippen LogP contribution in [0.4, 0.5) is 17.6 Å². The summed E-state index contributed by atoms with van der Waals surface area (Å²) in [5.74, 6) is 2.19. The smallest absolute Gasteiger partial charge is 0.323 e. The van der Waals surface area contributed by atoms with Gasteiger partial charge in [0.1, 0.15) is 5.75 Å². The minimum Gasteiger partial charge on any atom is -0.497 e. The maximum atomic E-state index is 5.42. The van der Waals surface area contributed by atoms with Gasteiger partial charge >= 0.3 is 6.01 Å². The predicted octanol–water partition coefficient (Wildman–Crippen LogP) is 2.93. The van der Waals surface area contributed by atoms with Crippen LogP contribution >= 0.6 is 0 Å². The molecule has 0 aliphatic rings. The van der Waals surface area contributed by atoms with Crippen molar-refractivity contribution in [2.24, 2.45) is 0 Å². The van der Waals surface area contributed by atoms with E-state index in [-0.39, 0.29) is 6.01 Å². The van der Waals surface area contributed by atoms with Crippen LogP contribution in [0.2, 0.25) is 0 Å². The zero-order valence-corrected chi connectivity index (χ0v) is 14.8. The Morgan fingerprint density at radius 2 is 1.85 bits per heavy atom. The van der Waals surface area contributed by atoms with E-state index in [9.17, 15) is 0 Å². The average molecular weight is 356 g/mol. The normalized spacial score (nSPS) is 10.4. The molecular formula is C17H20N6O3. The van der Waals surface area contributed by atoms with E-state index >= 15 is 0 Å². The minimum atomic E-state index is 0.231. The van der Waals surface area contributed by atoms with Crippen molar-refractivity contribution < 1.29 is 14.0 Å². The molecule has 3 aromatic rings. The molecule has 0 saturated carbocycles. The number of ether oxygens (including phenoxy) is 2. The second-order valence-electron chi connectivity index (χ2n) is 5.34. The van der Waals surface area contributed by atoms with Gasteiger partial charge in [0, 0.05) is 11.8 Å². The maximum absolute atomic E-state index is 5.42. The summed E-state index contributed by atoms with van der Waals surface area (Å²) in [5.41, 5.74) is 1.63. The Morgan fingerprint density at radius 3 is 2.50 bits per heavy atom. The number of rotatable bonds is 8. The second-order valence-corrected chi connectivity index (χ2v) is 5.34. The predicted molar refractivity (Wildman–Crippen MR) is 95.8 cm³/mol. The highest BCUT2D eigenvalue weighted by Gasteiger charge is 2.09. The first-order valence-corrected chi connectivity index (χ1v) is 8.12. The summed E-state index contributed by atoms with van der Waals surface area (Å²) in [6.07, 6.45) is 0. The zero-order valence-electron chi connectivity index (χ0n) is 14.8. The Hall–Kier alpha value is -3.36. The molecule has 0 radical (unpaired) electrons. The standard InChI is InChI=1S/C17H20N6O3/c1-4-25-17-21-15(18-10-14-9-11(2)23-26-14)20-16(22-17)19-12-5-7-13(24-3)8-6-12/h5-9H,4,10H2,1-3H3,(H2,18,19,20,21,22). The highest BCUT2D eigenvalue weighted by Crippen LogP contribution is 2.20. The van der Waals surface area contributed by atoms with Crippen LogP contribution in [-0.4, -0.2) is 33.8 Å². The lowest BCUT2D eigenvalue weighted by Crippen LogP contribution is -2.09. The van der Waals surface area contributed by atoms with E-state index in [2.05, 4.69) is 30.7 Å². The van der Waals surface area contributed by atoms with Crippen LogP contribution in [0.15, 0.2) is 34.9 Å². The lowest BCUT2D eigenvalue weighted by molar-refractivity contribution is 0.312. The fraction of sp³-hybridized carbons (Fsp3) is 0.294. The third-order valence-corrected chi connectivity index (χ3v) is 3.33. The molecule has 0 aliphatic heterocycles. The molecule has 0 bridgehead atoms. The zero-order chi connectivity index (χ0) is 18.4. The molecule has 3 rings (SSSR count). The molecule has 0 spiro atoms. The van der Waals surface area contributed by atoms with Gasteiger partial charge in [0.05, 0.1) is 26.0 Å². The van der Waals surface area contributed by atoms with Crippen LogP contribution in [0, 0.1) is 6.92 Å². The molecule has 0 fully saturated rings. The van der Waals surface area contributed by atoms with E-state index in [1.807, 2.05) is 44.2 Å². The number of hydrogen-bond donors (Lipinski definition) is 2. The average Bonchev–Trinajstić information content (AvgIpc) is 3.06. The molecule has 9 nitrogen and oxygen atoms in total. The first-order chi connectivity index (χ1) is 12.7. The number of aromatic nitrogens is 4. The van der Waals surface area contributed by atoms with E-state index in [1.54, 1.807) is 7.11 Å². The van der Waals surface area contributed by atoms with Crippen LogP contribution in [0.25, 0.3) is 0 Å². The quantitative estimate of drug-likeness (QED) is 0.630. The SMILES string of the molecule is CCOc1nc(NCc2cc(C)no2)nc(Nc2ccc(OC)cc2)n1. The monoisotopic (exact) mass is 356 g/mol. The van der Waals surface area contributed by atoms with Gasteiger partial charge in [-0.15, -0.1) is 0 Å². The topological polar surface area (TPSA) is 107 Å². The van der Waals surface area contributed by atoms with Crippen molar-refractivity contribution in [3.05, 3.63) is 41.8 Å². The summed E-state index contributed by atoms with van der Waals surface area (Å²) in [4.78, 5) is 12.9. The van der Waals surface area contributed by atoms with E-state index in [4.69, 9.17) is 14.0 Å². The summed E-state index contributed by atoms with van der Waals surface area (Å²) in [7, 11) is 1.62. The highest BCUT2D eigenvalue weighted by molar-refractivity contribution is 5.55. The summed E-state index contributed by atoms with van der Waals surface area (Å²) >= 11 is 0. The van der Waals surface area contributed by atoms with Gasteiger partial charge in [-0.1, -0.05) is 5.16 Å². The third kappa shape index (κ3) is 4.59. The Morgan fingerprint density at radius 1 is 1.08 bits per heavy atom. The van der Waals surface area contributed by atoms with Crippen molar-refractivity contribution in [2.75, 3.05) is 24.4 Å². The first-order valence-electron chi connectivity index (χ1n) is 8.12. The van der Waals surface area contributed by atoms with Crippen molar-refractivity contribution in [2.45, 2.75) is 20.4 Å². The van der Waals surface area contributed by atoms with E-state index < -0.39 is 0 Å². The van der Waals surface area contributed by atoms with Crippen molar-refractivity contribution in [1.29, 1.82) is 0 Å². The Balaban J connectivity index is 1.75. The van der Waals surface area contributed by atoms with Gasteiger partial charge in [-0.2, -0.15) is 15.0 Å². The minimum absolute atomic E-state index is 0.231. The molecule has 0 saturated heterocycles. The molecule has 1 aromatic carbocycles. The number of nitrogens with one attached hydrogen (secondary N) is 2. The molecule has 2 N–H and O–H groups in total. The van der Waals surface area contributed by atoms with Gasteiger partial charge in [-0.05, 0) is 38.1 Å². The maximum Gasteiger partial charge on any atom is 0.323 e. The molecule has 0 amide bonds. The molecular weight excluding hydrogens is 336 g/mol. The largest absolute Gasteiger partial charge is 0.497 e. The van der Waals surface area contributed by atoms with Gasteiger partial charge in [0.15, 0.2) is 5.76 Å². The number of aryl methyl sites for hydroxylation is 1. The number of hydrogen-bond acceptors (Lipinski definition) is 9. The molecule has 2 heterocycles. The summed E-state index contributed by atoms with van der Waals surface area (Å²) in [6.45, 7) is 4.58.